The summed E-state index contributed by atoms with van der Waals surface area (Å²) in [6, 6.07) is 13.7. The first-order chi connectivity index (χ1) is 11.0. The number of hydrogen-bond donors (Lipinski definition) is 1. The lowest BCUT2D eigenvalue weighted by molar-refractivity contribution is -0.120. The largest absolute Gasteiger partial charge is 0.497 e. The summed E-state index contributed by atoms with van der Waals surface area (Å²) >= 11 is 3.33. The lowest BCUT2D eigenvalue weighted by Crippen LogP contribution is -2.44. The number of amides is 1. The standard InChI is InChI=1S/C17H16BrNO4/c1-11(20)19-17(23-15-5-3-4-13(18)10-15)16(21)12-6-8-14(22-2)9-7-12/h3-10,17H,1-2H3,(H,19,20). The normalized spacial score (nSPS) is 11.4. The number of halogens is 1. The molecule has 23 heavy (non-hydrogen) atoms. The van der Waals surface area contributed by atoms with Crippen LogP contribution in [0.3, 0.4) is 0 Å². The Morgan fingerprint density at radius 1 is 1.09 bits per heavy atom. The third kappa shape index (κ3) is 4.82. The van der Waals surface area contributed by atoms with Gasteiger partial charge in [-0.2, -0.15) is 0 Å². The summed E-state index contributed by atoms with van der Waals surface area (Å²) in [6.45, 7) is 1.33. The van der Waals surface area contributed by atoms with Gasteiger partial charge in [0.15, 0.2) is 0 Å². The summed E-state index contributed by atoms with van der Waals surface area (Å²) < 4.78 is 11.5. The second-order valence-corrected chi connectivity index (χ2v) is 5.66. The number of carbonyl (C=O) groups is 2. The number of hydrogen-bond acceptors (Lipinski definition) is 4. The number of Topliss-reactive ketones (excluding diaryl/α,β-unsaturated/α-hetero) is 1. The van der Waals surface area contributed by atoms with Crippen molar-refractivity contribution in [2.75, 3.05) is 7.11 Å². The number of ether oxygens (including phenoxy) is 2. The molecule has 0 aliphatic heterocycles. The minimum Gasteiger partial charge on any atom is -0.497 e. The highest BCUT2D eigenvalue weighted by molar-refractivity contribution is 9.10. The van der Waals surface area contributed by atoms with E-state index in [1.54, 1.807) is 49.6 Å². The topological polar surface area (TPSA) is 64.6 Å². The Hall–Kier alpha value is -2.34. The van der Waals surface area contributed by atoms with Crippen LogP contribution in [0.4, 0.5) is 0 Å². The quantitative estimate of drug-likeness (QED) is 0.620. The van der Waals surface area contributed by atoms with Crippen molar-refractivity contribution in [3.63, 3.8) is 0 Å². The van der Waals surface area contributed by atoms with Crippen LogP contribution in [-0.4, -0.2) is 25.0 Å². The fourth-order valence-electron chi connectivity index (χ4n) is 1.92. The molecule has 0 aliphatic carbocycles. The van der Waals surface area contributed by atoms with Gasteiger partial charge in [0, 0.05) is 17.0 Å². The van der Waals surface area contributed by atoms with Gasteiger partial charge in [-0.15, -0.1) is 0 Å². The highest BCUT2D eigenvalue weighted by atomic mass is 79.9. The zero-order chi connectivity index (χ0) is 16.8. The lowest BCUT2D eigenvalue weighted by Gasteiger charge is -2.19. The maximum Gasteiger partial charge on any atom is 0.236 e. The van der Waals surface area contributed by atoms with Crippen molar-refractivity contribution in [3.05, 3.63) is 58.6 Å². The molecule has 0 bridgehead atoms. The second-order valence-electron chi connectivity index (χ2n) is 4.75. The van der Waals surface area contributed by atoms with E-state index < -0.39 is 6.23 Å². The van der Waals surface area contributed by atoms with Crippen LogP contribution in [-0.2, 0) is 4.79 Å². The Morgan fingerprint density at radius 3 is 2.35 bits per heavy atom. The molecule has 6 heteroatoms. The monoisotopic (exact) mass is 377 g/mol. The maximum absolute atomic E-state index is 12.6. The minimum atomic E-state index is -1.10. The van der Waals surface area contributed by atoms with Gasteiger partial charge in [0.2, 0.25) is 17.9 Å². The average Bonchev–Trinajstić information content (AvgIpc) is 2.53. The number of carbonyl (C=O) groups excluding carboxylic acids is 2. The van der Waals surface area contributed by atoms with Crippen molar-refractivity contribution in [2.24, 2.45) is 0 Å². The highest BCUT2D eigenvalue weighted by Gasteiger charge is 2.23. The summed E-state index contributed by atoms with van der Waals surface area (Å²) in [5, 5.41) is 2.52. The molecule has 0 fully saturated rings. The van der Waals surface area contributed by atoms with E-state index in [1.165, 1.54) is 6.92 Å². The van der Waals surface area contributed by atoms with Gasteiger partial charge in [0.25, 0.3) is 0 Å². The number of benzene rings is 2. The molecule has 2 rings (SSSR count). The molecule has 2 aromatic rings. The molecule has 0 saturated carbocycles. The van der Waals surface area contributed by atoms with Gasteiger partial charge < -0.3 is 14.8 Å². The van der Waals surface area contributed by atoms with Gasteiger partial charge >= 0.3 is 0 Å². The van der Waals surface area contributed by atoms with Crippen LogP contribution in [0.15, 0.2) is 53.0 Å². The molecule has 0 aromatic heterocycles. The van der Waals surface area contributed by atoms with Crippen molar-refractivity contribution in [1.29, 1.82) is 0 Å². The maximum atomic E-state index is 12.6. The van der Waals surface area contributed by atoms with Crippen molar-refractivity contribution in [2.45, 2.75) is 13.2 Å². The number of methoxy groups -OCH3 is 1. The molecule has 0 heterocycles. The van der Waals surface area contributed by atoms with Crippen molar-refractivity contribution in [3.8, 4) is 11.5 Å². The smallest absolute Gasteiger partial charge is 0.236 e. The molecular weight excluding hydrogens is 362 g/mol. The predicted molar refractivity (Wildman–Crippen MR) is 89.7 cm³/mol. The molecule has 1 N–H and O–H groups in total. The Kier molecular flexibility index (Phi) is 5.76. The molecule has 120 valence electrons. The Bertz CT molecular complexity index is 700. The predicted octanol–water partition coefficient (Wildman–Crippen LogP) is 3.18. The van der Waals surface area contributed by atoms with Gasteiger partial charge in [-0.25, -0.2) is 0 Å². The molecule has 1 atom stereocenters. The van der Waals surface area contributed by atoms with E-state index in [9.17, 15) is 9.59 Å². The van der Waals surface area contributed by atoms with Gasteiger partial charge in [-0.1, -0.05) is 22.0 Å². The lowest BCUT2D eigenvalue weighted by atomic mass is 10.1. The van der Waals surface area contributed by atoms with Crippen LogP contribution in [0.1, 0.15) is 17.3 Å². The number of rotatable bonds is 6. The molecule has 5 nitrogen and oxygen atoms in total. The van der Waals surface area contributed by atoms with Gasteiger partial charge in [0.05, 0.1) is 7.11 Å². The molecule has 1 amide bonds. The summed E-state index contributed by atoms with van der Waals surface area (Å²) in [4.78, 5) is 24.0. The number of nitrogens with one attached hydrogen (secondary N) is 1. The molecule has 1 unspecified atom stereocenters. The van der Waals surface area contributed by atoms with E-state index in [0.29, 0.717) is 17.1 Å². The van der Waals surface area contributed by atoms with E-state index in [1.807, 2.05) is 6.07 Å². The van der Waals surface area contributed by atoms with E-state index in [-0.39, 0.29) is 11.7 Å². The van der Waals surface area contributed by atoms with E-state index in [0.717, 1.165) is 4.47 Å². The first kappa shape index (κ1) is 17.0. The van der Waals surface area contributed by atoms with Crippen LogP contribution in [0.25, 0.3) is 0 Å². The van der Waals surface area contributed by atoms with E-state index in [2.05, 4.69) is 21.2 Å². The fraction of sp³-hybridized carbons (Fsp3) is 0.176. The summed E-state index contributed by atoms with van der Waals surface area (Å²) in [5.41, 5.74) is 0.416. The Morgan fingerprint density at radius 2 is 1.78 bits per heavy atom. The van der Waals surface area contributed by atoms with Crippen LogP contribution < -0.4 is 14.8 Å². The summed E-state index contributed by atoms with van der Waals surface area (Å²) in [7, 11) is 1.55. The third-order valence-corrected chi connectivity index (χ3v) is 3.49. The average molecular weight is 378 g/mol. The summed E-state index contributed by atoms with van der Waals surface area (Å²) in [5.74, 6) is 0.417. The van der Waals surface area contributed by atoms with Gasteiger partial charge in [-0.05, 0) is 42.5 Å². The zero-order valence-corrected chi connectivity index (χ0v) is 14.3. The van der Waals surface area contributed by atoms with E-state index >= 15 is 0 Å². The molecule has 2 aromatic carbocycles. The Balaban J connectivity index is 2.22. The molecule has 0 radical (unpaired) electrons. The van der Waals surface area contributed by atoms with E-state index in [4.69, 9.17) is 9.47 Å². The van der Waals surface area contributed by atoms with Crippen LogP contribution in [0.5, 0.6) is 11.5 Å². The molecular formula is C17H16BrNO4. The minimum absolute atomic E-state index is 0.345. The first-order valence-electron chi connectivity index (χ1n) is 6.87. The molecule has 0 aliphatic rings. The van der Waals surface area contributed by atoms with Gasteiger partial charge in [-0.3, -0.25) is 9.59 Å². The first-order valence-corrected chi connectivity index (χ1v) is 7.66. The molecule has 0 spiro atoms. The third-order valence-electron chi connectivity index (χ3n) is 3.00. The SMILES string of the molecule is COc1ccc(C(=O)C(NC(C)=O)Oc2cccc(Br)c2)cc1. The highest BCUT2D eigenvalue weighted by Crippen LogP contribution is 2.20. The zero-order valence-electron chi connectivity index (χ0n) is 12.7. The van der Waals surface area contributed by atoms with Crippen molar-refractivity contribution < 1.29 is 19.1 Å². The fourth-order valence-corrected chi connectivity index (χ4v) is 2.29. The number of ketones is 1. The molecule has 0 saturated heterocycles. The van der Waals surface area contributed by atoms with Gasteiger partial charge in [0.1, 0.15) is 11.5 Å². The van der Waals surface area contributed by atoms with Crippen molar-refractivity contribution in [1.82, 2.24) is 5.32 Å². The second kappa shape index (κ2) is 7.78. The van der Waals surface area contributed by atoms with Crippen LogP contribution in [0, 0.1) is 0 Å². The van der Waals surface area contributed by atoms with Crippen molar-refractivity contribution >= 4 is 27.6 Å². The van der Waals surface area contributed by atoms with Crippen LogP contribution in [0.2, 0.25) is 0 Å². The van der Waals surface area contributed by atoms with Crippen LogP contribution >= 0.6 is 15.9 Å². The summed E-state index contributed by atoms with van der Waals surface area (Å²) in [6.07, 6.45) is -1.10. The Labute approximate surface area is 142 Å².